The number of rotatable bonds is 1. The van der Waals surface area contributed by atoms with Gasteiger partial charge in [0.05, 0.1) is 5.69 Å². The van der Waals surface area contributed by atoms with Crippen molar-refractivity contribution in [2.45, 2.75) is 13.8 Å². The zero-order valence-electron chi connectivity index (χ0n) is 10.8. The molecule has 0 atom stereocenters. The SMILES string of the molecule is Cc1ccc2cc(C)c(-c3ccc(Br)cc3)nc2n1. The van der Waals surface area contributed by atoms with Crippen molar-refractivity contribution >= 4 is 27.0 Å². The average Bonchev–Trinajstić information content (AvgIpc) is 2.40. The van der Waals surface area contributed by atoms with E-state index in [1.165, 1.54) is 5.56 Å². The first-order valence-electron chi connectivity index (χ1n) is 6.14. The van der Waals surface area contributed by atoms with Gasteiger partial charge >= 0.3 is 0 Å². The highest BCUT2D eigenvalue weighted by atomic mass is 79.9. The van der Waals surface area contributed by atoms with Crippen molar-refractivity contribution in [2.75, 3.05) is 0 Å². The summed E-state index contributed by atoms with van der Waals surface area (Å²) < 4.78 is 1.07. The van der Waals surface area contributed by atoms with E-state index in [4.69, 9.17) is 4.98 Å². The van der Waals surface area contributed by atoms with Gasteiger partial charge in [-0.2, -0.15) is 0 Å². The van der Waals surface area contributed by atoms with Crippen LogP contribution in [0.3, 0.4) is 0 Å². The van der Waals surface area contributed by atoms with Crippen LogP contribution in [0, 0.1) is 13.8 Å². The van der Waals surface area contributed by atoms with E-state index in [1.807, 2.05) is 25.1 Å². The van der Waals surface area contributed by atoms with Gasteiger partial charge in [0, 0.05) is 21.1 Å². The molecular weight excluding hydrogens is 300 g/mol. The molecule has 0 spiro atoms. The fourth-order valence-corrected chi connectivity index (χ4v) is 2.42. The van der Waals surface area contributed by atoms with Crippen LogP contribution in [-0.4, -0.2) is 9.97 Å². The number of pyridine rings is 2. The van der Waals surface area contributed by atoms with E-state index in [-0.39, 0.29) is 0 Å². The number of hydrogen-bond acceptors (Lipinski definition) is 2. The Kier molecular flexibility index (Phi) is 3.07. The Morgan fingerprint density at radius 1 is 0.895 bits per heavy atom. The monoisotopic (exact) mass is 312 g/mol. The molecule has 3 aromatic rings. The van der Waals surface area contributed by atoms with Crippen molar-refractivity contribution < 1.29 is 0 Å². The minimum absolute atomic E-state index is 0.809. The topological polar surface area (TPSA) is 25.8 Å². The summed E-state index contributed by atoms with van der Waals surface area (Å²) in [5.41, 5.74) is 5.08. The molecule has 1 aromatic carbocycles. The molecular formula is C16H13BrN2. The van der Waals surface area contributed by atoms with Gasteiger partial charge in [0.25, 0.3) is 0 Å². The molecule has 0 unspecified atom stereocenters. The number of fused-ring (bicyclic) bond motifs is 1. The van der Waals surface area contributed by atoms with Crippen LogP contribution in [0.25, 0.3) is 22.3 Å². The lowest BCUT2D eigenvalue weighted by atomic mass is 10.1. The van der Waals surface area contributed by atoms with Crippen LogP contribution in [-0.2, 0) is 0 Å². The molecule has 0 aliphatic carbocycles. The second kappa shape index (κ2) is 4.74. The maximum Gasteiger partial charge on any atom is 0.160 e. The first-order chi connectivity index (χ1) is 9.13. The van der Waals surface area contributed by atoms with Gasteiger partial charge in [0.2, 0.25) is 0 Å². The number of halogens is 1. The minimum atomic E-state index is 0.809. The van der Waals surface area contributed by atoms with Gasteiger partial charge in [-0.1, -0.05) is 28.1 Å². The Morgan fingerprint density at radius 3 is 2.37 bits per heavy atom. The third kappa shape index (κ3) is 2.38. The predicted octanol–water partition coefficient (Wildman–Crippen LogP) is 4.68. The van der Waals surface area contributed by atoms with E-state index in [1.54, 1.807) is 0 Å². The summed E-state index contributed by atoms with van der Waals surface area (Å²) >= 11 is 3.45. The fourth-order valence-electron chi connectivity index (χ4n) is 2.15. The smallest absolute Gasteiger partial charge is 0.160 e. The van der Waals surface area contributed by atoms with Crippen molar-refractivity contribution in [3.8, 4) is 11.3 Å². The van der Waals surface area contributed by atoms with Crippen LogP contribution in [0.5, 0.6) is 0 Å². The largest absolute Gasteiger partial charge is 0.233 e. The lowest BCUT2D eigenvalue weighted by Gasteiger charge is -2.07. The fraction of sp³-hybridized carbons (Fsp3) is 0.125. The highest BCUT2D eigenvalue weighted by Crippen LogP contribution is 2.25. The molecule has 3 heteroatoms. The molecule has 0 aliphatic rings. The van der Waals surface area contributed by atoms with Crippen molar-refractivity contribution in [1.29, 1.82) is 0 Å². The normalized spacial score (nSPS) is 10.9. The Morgan fingerprint density at radius 2 is 1.63 bits per heavy atom. The lowest BCUT2D eigenvalue weighted by molar-refractivity contribution is 1.19. The molecule has 2 heterocycles. The zero-order valence-corrected chi connectivity index (χ0v) is 12.4. The number of nitrogens with zero attached hydrogens (tertiary/aromatic N) is 2. The molecule has 3 rings (SSSR count). The van der Waals surface area contributed by atoms with Crippen molar-refractivity contribution in [1.82, 2.24) is 9.97 Å². The van der Waals surface area contributed by atoms with E-state index in [9.17, 15) is 0 Å². The molecule has 19 heavy (non-hydrogen) atoms. The highest BCUT2D eigenvalue weighted by Gasteiger charge is 2.07. The van der Waals surface area contributed by atoms with E-state index in [0.29, 0.717) is 0 Å². The molecule has 0 bridgehead atoms. The van der Waals surface area contributed by atoms with E-state index in [0.717, 1.165) is 32.5 Å². The summed E-state index contributed by atoms with van der Waals surface area (Å²) in [6.07, 6.45) is 0. The summed E-state index contributed by atoms with van der Waals surface area (Å²) in [5, 5.41) is 1.09. The number of aryl methyl sites for hydroxylation is 2. The van der Waals surface area contributed by atoms with E-state index >= 15 is 0 Å². The Hall–Kier alpha value is -1.74. The van der Waals surface area contributed by atoms with Gasteiger partial charge in [0.15, 0.2) is 5.65 Å². The Bertz CT molecular complexity index is 749. The highest BCUT2D eigenvalue weighted by molar-refractivity contribution is 9.10. The van der Waals surface area contributed by atoms with Crippen molar-refractivity contribution in [3.05, 3.63) is 58.2 Å². The third-order valence-electron chi connectivity index (χ3n) is 3.13. The van der Waals surface area contributed by atoms with Crippen molar-refractivity contribution in [2.24, 2.45) is 0 Å². The molecule has 94 valence electrons. The molecule has 0 aliphatic heterocycles. The Labute approximate surface area is 120 Å². The maximum atomic E-state index is 4.71. The molecule has 0 fully saturated rings. The molecule has 0 amide bonds. The second-order valence-electron chi connectivity index (χ2n) is 4.66. The maximum absolute atomic E-state index is 4.71. The Balaban J connectivity index is 2.23. The lowest BCUT2D eigenvalue weighted by Crippen LogP contribution is -1.93. The van der Waals surface area contributed by atoms with Gasteiger partial charge in [-0.3, -0.25) is 0 Å². The van der Waals surface area contributed by atoms with Gasteiger partial charge in [0.1, 0.15) is 0 Å². The standard InChI is InChI=1S/C16H13BrN2/c1-10-9-13-4-3-11(2)18-16(13)19-15(10)12-5-7-14(17)8-6-12/h3-9H,1-2H3. The minimum Gasteiger partial charge on any atom is -0.233 e. The molecule has 2 aromatic heterocycles. The van der Waals surface area contributed by atoms with Crippen LogP contribution in [0.15, 0.2) is 46.9 Å². The third-order valence-corrected chi connectivity index (χ3v) is 3.65. The molecule has 0 N–H and O–H groups in total. The summed E-state index contributed by atoms with van der Waals surface area (Å²) in [6.45, 7) is 4.07. The summed E-state index contributed by atoms with van der Waals surface area (Å²) in [5.74, 6) is 0. The van der Waals surface area contributed by atoms with Crippen LogP contribution in [0.4, 0.5) is 0 Å². The predicted molar refractivity (Wildman–Crippen MR) is 82.1 cm³/mol. The first-order valence-corrected chi connectivity index (χ1v) is 6.94. The molecule has 0 radical (unpaired) electrons. The summed E-state index contributed by atoms with van der Waals surface area (Å²) in [4.78, 5) is 9.21. The van der Waals surface area contributed by atoms with Crippen molar-refractivity contribution in [3.63, 3.8) is 0 Å². The summed E-state index contributed by atoms with van der Waals surface area (Å²) in [6, 6.07) is 14.4. The van der Waals surface area contributed by atoms with E-state index in [2.05, 4.69) is 52.1 Å². The average molecular weight is 313 g/mol. The van der Waals surface area contributed by atoms with Crippen LogP contribution >= 0.6 is 15.9 Å². The van der Waals surface area contributed by atoms with Crippen LogP contribution in [0.1, 0.15) is 11.3 Å². The van der Waals surface area contributed by atoms with E-state index < -0.39 is 0 Å². The zero-order chi connectivity index (χ0) is 13.4. The van der Waals surface area contributed by atoms with Gasteiger partial charge in [-0.15, -0.1) is 0 Å². The quantitative estimate of drug-likeness (QED) is 0.652. The molecule has 0 saturated heterocycles. The van der Waals surface area contributed by atoms with Gasteiger partial charge in [-0.25, -0.2) is 9.97 Å². The number of aromatic nitrogens is 2. The summed E-state index contributed by atoms with van der Waals surface area (Å²) in [7, 11) is 0. The second-order valence-corrected chi connectivity index (χ2v) is 5.58. The van der Waals surface area contributed by atoms with Gasteiger partial charge < -0.3 is 0 Å². The number of hydrogen-bond donors (Lipinski definition) is 0. The van der Waals surface area contributed by atoms with Crippen LogP contribution < -0.4 is 0 Å². The molecule has 2 nitrogen and oxygen atoms in total. The number of benzene rings is 1. The van der Waals surface area contributed by atoms with Gasteiger partial charge in [-0.05, 0) is 49.7 Å². The molecule has 0 saturated carbocycles. The first kappa shape index (κ1) is 12.3. The van der Waals surface area contributed by atoms with Crippen LogP contribution in [0.2, 0.25) is 0 Å².